The van der Waals surface area contributed by atoms with Gasteiger partial charge in [-0.1, -0.05) is 7.43 Å². The Labute approximate surface area is 149 Å². The minimum absolute atomic E-state index is 0. The number of hydrogen-bond acceptors (Lipinski definition) is 5. The molecule has 0 aliphatic carbocycles. The van der Waals surface area contributed by atoms with Crippen LogP contribution in [0.5, 0.6) is 0 Å². The van der Waals surface area contributed by atoms with Crippen LogP contribution in [0.1, 0.15) is 7.43 Å². The standard InChI is InChI=1S/C3H9N7.C2H8N6.C2H7N5.CH4/c4-1(5)9-3(8)10-2(6)7;3-1(4)7-8-2(5)6;3-1(4)7-2(5)6;/h(H9,4,5,6,7,8,9,10);(H4,3,4,7)(H4,5,6,8);(H7,3,4,5,6,7);1H4. The van der Waals surface area contributed by atoms with E-state index in [1.807, 2.05) is 5.32 Å². The van der Waals surface area contributed by atoms with Crippen molar-refractivity contribution in [3.63, 3.8) is 0 Å². The predicted octanol–water partition coefficient (Wildman–Crippen LogP) is -5.67. The van der Waals surface area contributed by atoms with Gasteiger partial charge in [0.05, 0.1) is 0 Å². The molecule has 0 radical (unpaired) electrons. The minimum atomic E-state index is -0.417. The van der Waals surface area contributed by atoms with Crippen molar-refractivity contribution in [1.29, 1.82) is 27.0 Å². The van der Waals surface area contributed by atoms with Crippen LogP contribution in [-0.2, 0) is 0 Å². The summed E-state index contributed by atoms with van der Waals surface area (Å²) in [5.41, 5.74) is 42.9. The highest BCUT2D eigenvalue weighted by molar-refractivity contribution is 5.98. The van der Waals surface area contributed by atoms with E-state index in [4.69, 9.17) is 72.9 Å². The van der Waals surface area contributed by atoms with Crippen LogP contribution in [0.3, 0.4) is 0 Å². The molecule has 0 spiro atoms. The summed E-state index contributed by atoms with van der Waals surface area (Å²) in [6, 6.07) is 0. The maximum Gasteiger partial charge on any atom is 0.248 e. The topological polar surface area (TPSA) is 388 Å². The summed E-state index contributed by atoms with van der Waals surface area (Å²) in [5.74, 6) is -2.11. The van der Waals surface area contributed by atoms with Gasteiger partial charge < -0.3 is 45.9 Å². The molecule has 0 amide bonds. The van der Waals surface area contributed by atoms with Gasteiger partial charge >= 0.3 is 0 Å². The second kappa shape index (κ2) is 16.9. The van der Waals surface area contributed by atoms with Crippen molar-refractivity contribution in [2.75, 3.05) is 0 Å². The zero-order chi connectivity index (χ0) is 20.6. The van der Waals surface area contributed by atoms with E-state index in [1.165, 1.54) is 0 Å². The molecule has 24 N–H and O–H groups in total. The van der Waals surface area contributed by atoms with Crippen LogP contribution >= 0.6 is 0 Å². The lowest BCUT2D eigenvalue weighted by atomic mass is 10.9. The first-order valence-corrected chi connectivity index (χ1v) is 5.70. The molecule has 0 unspecified atom stereocenters. The van der Waals surface area contributed by atoms with Crippen LogP contribution in [0.2, 0.25) is 0 Å². The highest BCUT2D eigenvalue weighted by Crippen LogP contribution is 1.74. The molecule has 26 heavy (non-hydrogen) atoms. The lowest BCUT2D eigenvalue weighted by Crippen LogP contribution is -2.47. The lowest BCUT2D eigenvalue weighted by Gasteiger charge is -2.02. The SMILES string of the molecule is C.N=C(N)NC(=N)N.N=C(N)NNC(=N)N.N=C(N=C(N)N)N=C(N)N. The number of rotatable bonds is 0. The van der Waals surface area contributed by atoms with Crippen molar-refractivity contribution >= 4 is 41.7 Å². The lowest BCUT2D eigenvalue weighted by molar-refractivity contribution is 0.833. The van der Waals surface area contributed by atoms with Gasteiger partial charge in [0.2, 0.25) is 17.9 Å². The number of hydrazine groups is 1. The van der Waals surface area contributed by atoms with E-state index in [-0.39, 0.29) is 43.2 Å². The molecule has 0 atom stereocenters. The Hall–Kier alpha value is -4.51. The first-order valence-electron chi connectivity index (χ1n) is 5.70. The molecule has 0 fully saturated rings. The monoisotopic (exact) mass is 376 g/mol. The van der Waals surface area contributed by atoms with E-state index in [9.17, 15) is 0 Å². The van der Waals surface area contributed by atoms with E-state index >= 15 is 0 Å². The second-order valence-corrected chi connectivity index (χ2v) is 3.43. The van der Waals surface area contributed by atoms with Crippen LogP contribution in [0.4, 0.5) is 0 Å². The van der Waals surface area contributed by atoms with Crippen molar-refractivity contribution in [2.45, 2.75) is 7.43 Å². The Kier molecular flexibility index (Phi) is 19.1. The van der Waals surface area contributed by atoms with Crippen LogP contribution in [0.15, 0.2) is 9.98 Å². The number of guanidine groups is 7. The highest BCUT2D eigenvalue weighted by atomic mass is 15.4. The molecule has 0 heterocycles. The van der Waals surface area contributed by atoms with E-state index < -0.39 is 5.96 Å². The molecule has 18 heteroatoms. The van der Waals surface area contributed by atoms with E-state index in [2.05, 4.69) is 20.8 Å². The minimum Gasteiger partial charge on any atom is -0.370 e. The third-order valence-electron chi connectivity index (χ3n) is 1.07. The Morgan fingerprint density at radius 3 is 0.923 bits per heavy atom. The molecule has 18 nitrogen and oxygen atoms in total. The number of hydrogen-bond donors (Lipinski definition) is 16. The fourth-order valence-corrected chi connectivity index (χ4v) is 0.549. The largest absolute Gasteiger partial charge is 0.370 e. The number of aliphatic imine (C=N–C) groups is 2. The van der Waals surface area contributed by atoms with Gasteiger partial charge in [0.25, 0.3) is 0 Å². The van der Waals surface area contributed by atoms with E-state index in [0.717, 1.165) is 0 Å². The average Bonchev–Trinajstić information content (AvgIpc) is 2.33. The molecule has 0 rings (SSSR count). The van der Waals surface area contributed by atoms with Crippen LogP contribution in [0, 0.1) is 27.0 Å². The molecule has 0 aliphatic heterocycles. The Bertz CT molecular complexity index is 487. The summed E-state index contributed by atoms with van der Waals surface area (Å²) < 4.78 is 0. The summed E-state index contributed by atoms with van der Waals surface area (Å²) in [4.78, 5) is 6.45. The smallest absolute Gasteiger partial charge is 0.248 e. The fraction of sp³-hybridized carbons (Fsp3) is 0.125. The van der Waals surface area contributed by atoms with Crippen molar-refractivity contribution in [2.24, 2.45) is 55.9 Å². The summed E-state index contributed by atoms with van der Waals surface area (Å²) in [5, 5.41) is 34.9. The van der Waals surface area contributed by atoms with Crippen molar-refractivity contribution in [3.05, 3.63) is 0 Å². The maximum atomic E-state index is 6.85. The molecular formula is C8H28N18. The molecule has 0 saturated carbocycles. The molecule has 0 aliphatic rings. The molecular weight excluding hydrogens is 348 g/mol. The number of nitrogens with one attached hydrogen (secondary N) is 8. The summed E-state index contributed by atoms with van der Waals surface area (Å²) >= 11 is 0. The average molecular weight is 376 g/mol. The van der Waals surface area contributed by atoms with Gasteiger partial charge in [-0.3, -0.25) is 43.2 Å². The van der Waals surface area contributed by atoms with Crippen LogP contribution in [-0.4, -0.2) is 41.7 Å². The summed E-state index contributed by atoms with van der Waals surface area (Å²) in [6.07, 6.45) is 0. The normalized spacial score (nSPS) is 7.38. The molecule has 150 valence electrons. The molecule has 0 aromatic heterocycles. The molecule has 0 saturated heterocycles. The van der Waals surface area contributed by atoms with Crippen molar-refractivity contribution in [1.82, 2.24) is 16.2 Å². The fourth-order valence-electron chi connectivity index (χ4n) is 0.549. The predicted molar refractivity (Wildman–Crippen MR) is 103 cm³/mol. The van der Waals surface area contributed by atoms with Gasteiger partial charge in [-0.05, 0) is 0 Å². The molecule has 0 aromatic carbocycles. The Balaban J connectivity index is -0.000000139. The zero-order valence-electron chi connectivity index (χ0n) is 13.0. The van der Waals surface area contributed by atoms with Crippen LogP contribution < -0.4 is 62.0 Å². The van der Waals surface area contributed by atoms with Gasteiger partial charge in [0, 0.05) is 0 Å². The van der Waals surface area contributed by atoms with Crippen molar-refractivity contribution < 1.29 is 0 Å². The third-order valence-corrected chi connectivity index (χ3v) is 1.07. The van der Waals surface area contributed by atoms with Gasteiger partial charge in [-0.2, -0.15) is 9.98 Å². The quantitative estimate of drug-likeness (QED) is 0.107. The number of nitrogens with zero attached hydrogens (tertiary/aromatic N) is 2. The highest BCUT2D eigenvalue weighted by Gasteiger charge is 1.89. The first-order chi connectivity index (χ1) is 11.3. The molecule has 0 bridgehead atoms. The maximum absolute atomic E-state index is 6.85. The van der Waals surface area contributed by atoms with Gasteiger partial charge in [-0.25, -0.2) is 0 Å². The van der Waals surface area contributed by atoms with Crippen molar-refractivity contribution in [3.8, 4) is 0 Å². The number of nitrogens with two attached hydrogens (primary N) is 8. The van der Waals surface area contributed by atoms with E-state index in [0.29, 0.717) is 0 Å². The Morgan fingerprint density at radius 1 is 0.538 bits per heavy atom. The van der Waals surface area contributed by atoms with Gasteiger partial charge in [-0.15, -0.1) is 0 Å². The van der Waals surface area contributed by atoms with Crippen LogP contribution in [0.25, 0.3) is 0 Å². The Morgan fingerprint density at radius 2 is 0.808 bits per heavy atom. The van der Waals surface area contributed by atoms with Gasteiger partial charge in [0.15, 0.2) is 23.8 Å². The summed E-state index contributed by atoms with van der Waals surface area (Å²) in [7, 11) is 0. The zero-order valence-corrected chi connectivity index (χ0v) is 13.0. The summed E-state index contributed by atoms with van der Waals surface area (Å²) in [6.45, 7) is 0. The van der Waals surface area contributed by atoms with Gasteiger partial charge in [0.1, 0.15) is 0 Å². The third kappa shape index (κ3) is 42.7. The molecule has 0 aromatic rings. The van der Waals surface area contributed by atoms with E-state index in [1.54, 1.807) is 0 Å². The second-order valence-electron chi connectivity index (χ2n) is 3.43. The first kappa shape index (κ1) is 29.5.